The van der Waals surface area contributed by atoms with E-state index in [1.54, 1.807) is 49.5 Å². The molecule has 2 atom stereocenters. The fourth-order valence-electron chi connectivity index (χ4n) is 6.11. The van der Waals surface area contributed by atoms with E-state index in [1.807, 2.05) is 84.0 Å². The third-order valence-corrected chi connectivity index (χ3v) is 10.4. The molecule has 1 fully saturated rings. The number of hydrogen-bond donors (Lipinski definition) is 0. The van der Waals surface area contributed by atoms with Gasteiger partial charge in [-0.05, 0) is 96.4 Å². The van der Waals surface area contributed by atoms with Crippen LogP contribution in [-0.4, -0.2) is 52.5 Å². The average molecular weight is 744 g/mol. The van der Waals surface area contributed by atoms with Crippen molar-refractivity contribution >= 4 is 22.7 Å². The van der Waals surface area contributed by atoms with Crippen LogP contribution in [0.4, 0.5) is 23.7 Å². The number of methoxy groups -OCH3 is 2. The third-order valence-electron chi connectivity index (χ3n) is 9.01. The van der Waals surface area contributed by atoms with Crippen molar-refractivity contribution in [2.24, 2.45) is 0 Å². The van der Waals surface area contributed by atoms with E-state index >= 15 is 0 Å². The zero-order chi connectivity index (χ0) is 37.5. The average Bonchev–Trinajstić information content (AvgIpc) is 3.50. The van der Waals surface area contributed by atoms with E-state index in [2.05, 4.69) is 0 Å². The lowest BCUT2D eigenvalue weighted by Gasteiger charge is -2.25. The van der Waals surface area contributed by atoms with E-state index in [-0.39, 0.29) is 18.8 Å². The zero-order valence-electron chi connectivity index (χ0n) is 29.6. The number of carbonyl (C=O) groups excluding carboxylic acids is 1. The molecule has 0 saturated carbocycles. The molecule has 276 valence electrons. The molecule has 0 bridgehead atoms. The first-order valence-corrected chi connectivity index (χ1v) is 18.3. The summed E-state index contributed by atoms with van der Waals surface area (Å²) in [4.78, 5) is 17.2. The number of anilines is 1. The summed E-state index contributed by atoms with van der Waals surface area (Å²) in [5, 5.41) is 0. The summed E-state index contributed by atoms with van der Waals surface area (Å²) < 4.78 is 73.8. The summed E-state index contributed by atoms with van der Waals surface area (Å²) in [6.45, 7) is 2.94. The molecule has 0 aliphatic carbocycles. The lowest BCUT2D eigenvalue weighted by Crippen LogP contribution is -2.36. The molecule has 1 aliphatic rings. The van der Waals surface area contributed by atoms with Gasteiger partial charge in [0.15, 0.2) is 0 Å². The highest BCUT2D eigenvalue weighted by molar-refractivity contribution is 7.82. The molecular formula is C41H40F3N3O5S. The van der Waals surface area contributed by atoms with Crippen LogP contribution < -0.4 is 19.1 Å². The molecule has 1 saturated heterocycles. The van der Waals surface area contributed by atoms with Crippen LogP contribution in [-0.2, 0) is 30.3 Å². The monoisotopic (exact) mass is 743 g/mol. The third kappa shape index (κ3) is 9.37. The first-order chi connectivity index (χ1) is 25.5. The topological polar surface area (TPSA) is 71.6 Å². The van der Waals surface area contributed by atoms with Gasteiger partial charge in [-0.2, -0.15) is 13.2 Å². The minimum atomic E-state index is -4.55. The van der Waals surface area contributed by atoms with Gasteiger partial charge < -0.3 is 19.1 Å². The van der Waals surface area contributed by atoms with Gasteiger partial charge in [0.05, 0.1) is 42.6 Å². The van der Waals surface area contributed by atoms with E-state index in [0.717, 1.165) is 28.8 Å². The Balaban J connectivity index is 1.23. The van der Waals surface area contributed by atoms with Gasteiger partial charge in [-0.1, -0.05) is 54.1 Å². The molecule has 8 nitrogen and oxygen atoms in total. The summed E-state index contributed by atoms with van der Waals surface area (Å²) in [6.07, 6.45) is -4.55. The van der Waals surface area contributed by atoms with Gasteiger partial charge in [-0.25, -0.2) is 13.3 Å². The zero-order valence-corrected chi connectivity index (χ0v) is 30.4. The minimum absolute atomic E-state index is 0.107. The molecule has 53 heavy (non-hydrogen) atoms. The number of nitrogens with zero attached hydrogens (tertiary/aromatic N) is 3. The van der Waals surface area contributed by atoms with Crippen LogP contribution in [0.15, 0.2) is 121 Å². The number of ether oxygens (including phenoxy) is 3. The SMILES string of the molecule is COc1ccc(CN(Cc2ccc(OC)cc2)S(=O)CCN2CC(c3cccc(C(F)(F)F)c3)N(c3ccc(Oc4ccc(C)cc4)cc3)C2=O)cc1. The molecule has 0 N–H and O–H groups in total. The van der Waals surface area contributed by atoms with Crippen molar-refractivity contribution in [2.75, 3.05) is 38.0 Å². The molecule has 5 aromatic rings. The molecule has 1 heterocycles. The minimum Gasteiger partial charge on any atom is -0.497 e. The lowest BCUT2D eigenvalue weighted by atomic mass is 10.0. The second kappa shape index (κ2) is 16.6. The fraction of sp³-hybridized carbons (Fsp3) is 0.244. The van der Waals surface area contributed by atoms with Crippen molar-refractivity contribution in [1.82, 2.24) is 9.21 Å². The van der Waals surface area contributed by atoms with Crippen LogP contribution in [0, 0.1) is 6.92 Å². The maximum Gasteiger partial charge on any atom is 0.416 e. The van der Waals surface area contributed by atoms with Crippen LogP contribution >= 0.6 is 0 Å². The van der Waals surface area contributed by atoms with Gasteiger partial charge in [-0.15, -0.1) is 0 Å². The van der Waals surface area contributed by atoms with Crippen molar-refractivity contribution in [3.63, 3.8) is 0 Å². The van der Waals surface area contributed by atoms with Gasteiger partial charge in [0.1, 0.15) is 23.0 Å². The largest absolute Gasteiger partial charge is 0.497 e. The predicted octanol–water partition coefficient (Wildman–Crippen LogP) is 9.17. The van der Waals surface area contributed by atoms with Crippen LogP contribution in [0.2, 0.25) is 0 Å². The van der Waals surface area contributed by atoms with Crippen molar-refractivity contribution in [3.8, 4) is 23.0 Å². The molecule has 2 amide bonds. The van der Waals surface area contributed by atoms with Gasteiger partial charge in [-0.3, -0.25) is 4.90 Å². The summed E-state index contributed by atoms with van der Waals surface area (Å²) in [6, 6.07) is 33.4. The normalized spacial score (nSPS) is 15.2. The van der Waals surface area contributed by atoms with Crippen LogP contribution in [0.1, 0.15) is 33.9 Å². The second-order valence-corrected chi connectivity index (χ2v) is 14.2. The number of aryl methyl sites for hydroxylation is 1. The van der Waals surface area contributed by atoms with Gasteiger partial charge in [0, 0.05) is 31.9 Å². The van der Waals surface area contributed by atoms with Gasteiger partial charge in [0.2, 0.25) is 0 Å². The molecule has 1 aliphatic heterocycles. The standard InChI is InChI=1S/C41H40F3N3O5S/c1-29-7-15-37(16-8-29)52-38-21-13-34(14-22-38)47-39(32-5-4-6-33(25-32)41(42,43)44)28-45(40(47)48)23-24-53(49)46(26-30-9-17-35(50-2)18-10-30)27-31-11-19-36(51-3)20-12-31/h4-22,25,39H,23-24,26-28H2,1-3H3. The molecule has 0 aromatic heterocycles. The molecular weight excluding hydrogens is 704 g/mol. The highest BCUT2D eigenvalue weighted by Crippen LogP contribution is 2.38. The maximum atomic E-state index is 14.1. The Bertz CT molecular complexity index is 1960. The van der Waals surface area contributed by atoms with E-state index in [1.165, 1.54) is 11.0 Å². The first kappa shape index (κ1) is 37.4. The summed E-state index contributed by atoms with van der Waals surface area (Å²) in [7, 11) is 1.64. The number of halogens is 3. The fourth-order valence-corrected chi connectivity index (χ4v) is 7.33. The number of benzene rings is 5. The van der Waals surface area contributed by atoms with Crippen molar-refractivity contribution in [3.05, 3.63) is 149 Å². The highest BCUT2D eigenvalue weighted by Gasteiger charge is 2.40. The van der Waals surface area contributed by atoms with Gasteiger partial charge in [0.25, 0.3) is 0 Å². The first-order valence-electron chi connectivity index (χ1n) is 17.0. The smallest absolute Gasteiger partial charge is 0.416 e. The number of hydrogen-bond acceptors (Lipinski definition) is 5. The Morgan fingerprint density at radius 3 is 1.81 bits per heavy atom. The number of amides is 2. The molecule has 0 spiro atoms. The molecule has 2 unspecified atom stereocenters. The summed E-state index contributed by atoms with van der Waals surface area (Å²) in [5.74, 6) is 2.72. The lowest BCUT2D eigenvalue weighted by molar-refractivity contribution is -0.137. The van der Waals surface area contributed by atoms with Gasteiger partial charge >= 0.3 is 12.2 Å². The molecule has 6 rings (SSSR count). The molecule has 12 heteroatoms. The Morgan fingerprint density at radius 2 is 1.28 bits per heavy atom. The van der Waals surface area contributed by atoms with E-state index in [9.17, 15) is 22.2 Å². The number of carbonyl (C=O) groups is 1. The second-order valence-electron chi connectivity index (χ2n) is 12.7. The number of rotatable bonds is 14. The highest BCUT2D eigenvalue weighted by atomic mass is 32.2. The van der Waals surface area contributed by atoms with Crippen molar-refractivity contribution in [2.45, 2.75) is 32.2 Å². The maximum absolute atomic E-state index is 14.1. The van der Waals surface area contributed by atoms with Crippen LogP contribution in [0.25, 0.3) is 0 Å². The Kier molecular flexibility index (Phi) is 11.7. The van der Waals surface area contributed by atoms with E-state index in [4.69, 9.17) is 14.2 Å². The van der Waals surface area contributed by atoms with Crippen molar-refractivity contribution in [1.29, 1.82) is 0 Å². The Labute approximate surface area is 309 Å². The summed E-state index contributed by atoms with van der Waals surface area (Å²) >= 11 is 0. The summed E-state index contributed by atoms with van der Waals surface area (Å²) in [5.41, 5.74) is 2.99. The van der Waals surface area contributed by atoms with E-state index < -0.39 is 34.8 Å². The number of alkyl halides is 3. The van der Waals surface area contributed by atoms with Crippen LogP contribution in [0.5, 0.6) is 23.0 Å². The predicted molar refractivity (Wildman–Crippen MR) is 200 cm³/mol. The Hall–Kier alpha value is -5.33. The molecule has 0 radical (unpaired) electrons. The quantitative estimate of drug-likeness (QED) is 0.114. The van der Waals surface area contributed by atoms with Crippen LogP contribution in [0.3, 0.4) is 0 Å². The Morgan fingerprint density at radius 1 is 0.755 bits per heavy atom. The number of urea groups is 1. The molecule has 5 aromatic carbocycles. The van der Waals surface area contributed by atoms with Crippen molar-refractivity contribution < 1.29 is 36.4 Å². The van der Waals surface area contributed by atoms with E-state index in [0.29, 0.717) is 47.3 Å².